The van der Waals surface area contributed by atoms with Crippen molar-refractivity contribution < 1.29 is 23.4 Å². The summed E-state index contributed by atoms with van der Waals surface area (Å²) >= 11 is 3.52. The summed E-state index contributed by atoms with van der Waals surface area (Å²) in [5, 5.41) is 0.492. The van der Waals surface area contributed by atoms with E-state index >= 15 is 0 Å². The lowest BCUT2D eigenvalue weighted by Gasteiger charge is -2.21. The molecule has 0 amide bonds. The molecule has 32 heavy (non-hydrogen) atoms. The van der Waals surface area contributed by atoms with Crippen LogP contribution in [-0.2, 0) is 18.0 Å². The Morgan fingerprint density at radius 3 is 2.66 bits per heavy atom. The highest BCUT2D eigenvalue weighted by atomic mass is 79.9. The Balaban J connectivity index is 1.41. The number of methoxy groups -OCH3 is 1. The van der Waals surface area contributed by atoms with Gasteiger partial charge in [-0.3, -0.25) is 4.79 Å². The fourth-order valence-corrected chi connectivity index (χ4v) is 4.25. The minimum atomic E-state index is -0.0996. The van der Waals surface area contributed by atoms with Crippen LogP contribution in [0.2, 0.25) is 0 Å². The molecule has 0 radical (unpaired) electrons. The standard InChI is InChI=1S/C25H19BrO6/c1-28-19-4-2-15(3-5-19)22-13-31-23-10-20(6-7-21(23)24(22)27)30-12-17-9-18(26)8-16-11-29-14-32-25(16)17/h2-10,13H,11-12,14H2,1H3. The second-order valence-corrected chi connectivity index (χ2v) is 8.23. The first-order valence-electron chi connectivity index (χ1n) is 9.97. The number of fused-ring (bicyclic) bond motifs is 2. The molecule has 0 saturated carbocycles. The van der Waals surface area contributed by atoms with Crippen molar-refractivity contribution in [1.82, 2.24) is 0 Å². The van der Waals surface area contributed by atoms with Crippen molar-refractivity contribution in [2.45, 2.75) is 13.2 Å². The van der Waals surface area contributed by atoms with E-state index < -0.39 is 0 Å². The van der Waals surface area contributed by atoms with Gasteiger partial charge < -0.3 is 23.4 Å². The van der Waals surface area contributed by atoms with Crippen LogP contribution in [0.4, 0.5) is 0 Å². The largest absolute Gasteiger partial charge is 0.497 e. The molecule has 6 nitrogen and oxygen atoms in total. The van der Waals surface area contributed by atoms with E-state index in [0.29, 0.717) is 35.5 Å². The highest BCUT2D eigenvalue weighted by molar-refractivity contribution is 9.10. The maximum Gasteiger partial charge on any atom is 0.200 e. The second kappa shape index (κ2) is 8.68. The number of ether oxygens (including phenoxy) is 4. The lowest BCUT2D eigenvalue weighted by Crippen LogP contribution is -2.14. The molecule has 7 heteroatoms. The molecule has 0 saturated heterocycles. The first kappa shape index (κ1) is 20.6. The summed E-state index contributed by atoms with van der Waals surface area (Å²) in [5.74, 6) is 2.11. The molecule has 5 rings (SSSR count). The van der Waals surface area contributed by atoms with Crippen molar-refractivity contribution in [2.75, 3.05) is 13.9 Å². The minimum absolute atomic E-state index is 0.0996. The van der Waals surface area contributed by atoms with Crippen molar-refractivity contribution in [3.63, 3.8) is 0 Å². The quantitative estimate of drug-likeness (QED) is 0.355. The van der Waals surface area contributed by atoms with Gasteiger partial charge in [-0.25, -0.2) is 0 Å². The van der Waals surface area contributed by atoms with E-state index in [9.17, 15) is 4.79 Å². The molecule has 0 bridgehead atoms. The Labute approximate surface area is 192 Å². The molecule has 162 valence electrons. The Kier molecular flexibility index (Phi) is 5.59. The van der Waals surface area contributed by atoms with Crippen molar-refractivity contribution >= 4 is 26.9 Å². The van der Waals surface area contributed by atoms with Gasteiger partial charge in [0.05, 0.1) is 24.7 Å². The smallest absolute Gasteiger partial charge is 0.200 e. The lowest BCUT2D eigenvalue weighted by molar-refractivity contribution is -0.0176. The molecule has 0 atom stereocenters. The fraction of sp³-hybridized carbons (Fsp3) is 0.160. The number of halogens is 1. The molecule has 1 aromatic heterocycles. The van der Waals surface area contributed by atoms with E-state index in [1.807, 2.05) is 36.4 Å². The van der Waals surface area contributed by atoms with Crippen LogP contribution in [0.25, 0.3) is 22.1 Å². The van der Waals surface area contributed by atoms with E-state index in [1.165, 1.54) is 6.26 Å². The van der Waals surface area contributed by atoms with Gasteiger partial charge in [0.25, 0.3) is 0 Å². The van der Waals surface area contributed by atoms with Gasteiger partial charge in [-0.05, 0) is 42.0 Å². The molecule has 0 N–H and O–H groups in total. The number of rotatable bonds is 5. The van der Waals surface area contributed by atoms with Crippen LogP contribution in [0.1, 0.15) is 11.1 Å². The highest BCUT2D eigenvalue weighted by Crippen LogP contribution is 2.33. The summed E-state index contributed by atoms with van der Waals surface area (Å²) in [7, 11) is 1.60. The fourth-order valence-electron chi connectivity index (χ4n) is 3.69. The Morgan fingerprint density at radius 1 is 1.03 bits per heavy atom. The molecule has 4 aromatic rings. The zero-order valence-corrected chi connectivity index (χ0v) is 18.8. The third-order valence-corrected chi connectivity index (χ3v) is 5.75. The van der Waals surface area contributed by atoms with Crippen LogP contribution >= 0.6 is 15.9 Å². The van der Waals surface area contributed by atoms with Gasteiger partial charge in [-0.15, -0.1) is 0 Å². The molecular formula is C25H19BrO6. The van der Waals surface area contributed by atoms with Gasteiger partial charge in [0, 0.05) is 21.7 Å². The highest BCUT2D eigenvalue weighted by Gasteiger charge is 2.17. The van der Waals surface area contributed by atoms with E-state index in [1.54, 1.807) is 25.3 Å². The van der Waals surface area contributed by atoms with Gasteiger partial charge >= 0.3 is 0 Å². The van der Waals surface area contributed by atoms with Crippen LogP contribution in [0.5, 0.6) is 17.2 Å². The predicted octanol–water partition coefficient (Wildman–Crippen LogP) is 5.68. The summed E-state index contributed by atoms with van der Waals surface area (Å²) in [6.07, 6.45) is 1.48. The van der Waals surface area contributed by atoms with Crippen molar-refractivity contribution in [1.29, 1.82) is 0 Å². The van der Waals surface area contributed by atoms with Gasteiger partial charge in [-0.2, -0.15) is 0 Å². The molecule has 0 fully saturated rings. The Hall–Kier alpha value is -3.29. The zero-order valence-electron chi connectivity index (χ0n) is 17.2. The van der Waals surface area contributed by atoms with E-state index in [2.05, 4.69) is 15.9 Å². The van der Waals surface area contributed by atoms with Crippen molar-refractivity contribution in [3.05, 3.63) is 86.7 Å². The maximum atomic E-state index is 13.0. The van der Waals surface area contributed by atoms with Crippen LogP contribution in [0.3, 0.4) is 0 Å². The van der Waals surface area contributed by atoms with E-state index in [4.69, 9.17) is 23.4 Å². The van der Waals surface area contributed by atoms with Crippen LogP contribution in [0, 0.1) is 0 Å². The third kappa shape index (κ3) is 3.97. The molecule has 0 unspecified atom stereocenters. The van der Waals surface area contributed by atoms with Gasteiger partial charge in [-0.1, -0.05) is 28.1 Å². The summed E-state index contributed by atoms with van der Waals surface area (Å²) in [6.45, 7) is 1.03. The third-order valence-electron chi connectivity index (χ3n) is 5.29. The number of hydrogen-bond donors (Lipinski definition) is 0. The van der Waals surface area contributed by atoms with E-state index in [-0.39, 0.29) is 12.2 Å². The summed E-state index contributed by atoms with van der Waals surface area (Å²) in [5.41, 5.74) is 3.51. The summed E-state index contributed by atoms with van der Waals surface area (Å²) < 4.78 is 28.9. The molecular weight excluding hydrogens is 476 g/mol. The average Bonchev–Trinajstić information content (AvgIpc) is 2.83. The Morgan fingerprint density at radius 2 is 1.84 bits per heavy atom. The molecule has 3 aromatic carbocycles. The average molecular weight is 495 g/mol. The van der Waals surface area contributed by atoms with Gasteiger partial charge in [0.1, 0.15) is 35.7 Å². The van der Waals surface area contributed by atoms with Gasteiger partial charge in [0.15, 0.2) is 12.2 Å². The monoisotopic (exact) mass is 494 g/mol. The van der Waals surface area contributed by atoms with Crippen LogP contribution in [-0.4, -0.2) is 13.9 Å². The normalized spacial score (nSPS) is 12.8. The Bertz CT molecular complexity index is 1340. The van der Waals surface area contributed by atoms with Crippen molar-refractivity contribution in [2.24, 2.45) is 0 Å². The molecule has 1 aliphatic rings. The number of hydrogen-bond acceptors (Lipinski definition) is 6. The molecule has 0 aliphatic carbocycles. The molecule has 2 heterocycles. The number of benzene rings is 3. The lowest BCUT2D eigenvalue weighted by atomic mass is 10.1. The first-order chi connectivity index (χ1) is 15.6. The molecule has 1 aliphatic heterocycles. The van der Waals surface area contributed by atoms with Gasteiger partial charge in [0.2, 0.25) is 0 Å². The maximum absolute atomic E-state index is 13.0. The first-order valence-corrected chi connectivity index (χ1v) is 10.8. The predicted molar refractivity (Wildman–Crippen MR) is 123 cm³/mol. The zero-order chi connectivity index (χ0) is 22.1. The SMILES string of the molecule is COc1ccc(-c2coc3cc(OCc4cc(Br)cc5c4OCOC5)ccc3c2=O)cc1. The summed E-state index contributed by atoms with van der Waals surface area (Å²) in [6, 6.07) is 16.5. The van der Waals surface area contributed by atoms with Crippen molar-refractivity contribution in [3.8, 4) is 28.4 Å². The summed E-state index contributed by atoms with van der Waals surface area (Å²) in [4.78, 5) is 13.0. The molecule has 0 spiro atoms. The second-order valence-electron chi connectivity index (χ2n) is 7.32. The topological polar surface area (TPSA) is 67.1 Å². The van der Waals surface area contributed by atoms with E-state index in [0.717, 1.165) is 32.7 Å². The minimum Gasteiger partial charge on any atom is -0.497 e. The van der Waals surface area contributed by atoms with Crippen LogP contribution < -0.4 is 19.6 Å². The van der Waals surface area contributed by atoms with Crippen LogP contribution in [0.15, 0.2) is 74.5 Å².